The molecule has 120 valence electrons. The average Bonchev–Trinajstić information content (AvgIpc) is 2.67. The summed E-state index contributed by atoms with van der Waals surface area (Å²) in [5.41, 5.74) is 3.03. The molecule has 1 saturated heterocycles. The smallest absolute Gasteiger partial charge is 0.253 e. The van der Waals surface area contributed by atoms with Crippen LogP contribution in [0.3, 0.4) is 0 Å². The number of aromatic nitrogens is 1. The van der Waals surface area contributed by atoms with Crippen LogP contribution >= 0.6 is 12.4 Å². The maximum Gasteiger partial charge on any atom is 0.253 e. The number of nitrogens with zero attached hydrogens (tertiary/aromatic N) is 1. The van der Waals surface area contributed by atoms with Crippen LogP contribution in [-0.2, 0) is 0 Å². The molecule has 2 heterocycles. The monoisotopic (exact) mass is 313 g/mol. The number of aryl methyl sites for hydroxylation is 1. The van der Waals surface area contributed by atoms with E-state index in [9.17, 15) is 4.79 Å². The molecular formula is C16H28ClN3O. The predicted molar refractivity (Wildman–Crippen MR) is 89.4 cm³/mol. The lowest BCUT2D eigenvalue weighted by molar-refractivity contribution is 0.0914. The number of nitrogens with one attached hydrogen (secondary N) is 2. The summed E-state index contributed by atoms with van der Waals surface area (Å²) < 4.78 is 2.22. The summed E-state index contributed by atoms with van der Waals surface area (Å²) in [6, 6.07) is 2.62. The molecule has 0 aromatic carbocycles. The highest BCUT2D eigenvalue weighted by molar-refractivity contribution is 5.96. The predicted octanol–water partition coefficient (Wildman–Crippen LogP) is 2.84. The van der Waals surface area contributed by atoms with Gasteiger partial charge in [0.25, 0.3) is 5.91 Å². The van der Waals surface area contributed by atoms with Crippen molar-refractivity contribution in [1.29, 1.82) is 0 Å². The van der Waals surface area contributed by atoms with Gasteiger partial charge >= 0.3 is 0 Å². The minimum atomic E-state index is 0. The van der Waals surface area contributed by atoms with Crippen LogP contribution in [0.5, 0.6) is 0 Å². The van der Waals surface area contributed by atoms with E-state index in [1.54, 1.807) is 0 Å². The van der Waals surface area contributed by atoms with E-state index in [4.69, 9.17) is 0 Å². The van der Waals surface area contributed by atoms with E-state index in [1.165, 1.54) is 0 Å². The summed E-state index contributed by atoms with van der Waals surface area (Å²) in [5.74, 6) is 0.597. The number of carbonyl (C=O) groups is 1. The molecule has 2 atom stereocenters. The van der Waals surface area contributed by atoms with Crippen molar-refractivity contribution in [3.63, 3.8) is 0 Å². The number of amides is 1. The average molecular weight is 314 g/mol. The first-order valence-electron chi connectivity index (χ1n) is 7.61. The van der Waals surface area contributed by atoms with Gasteiger partial charge in [-0.25, -0.2) is 0 Å². The third kappa shape index (κ3) is 3.80. The second-order valence-electron chi connectivity index (χ2n) is 6.30. The molecule has 4 nitrogen and oxygen atoms in total. The van der Waals surface area contributed by atoms with Gasteiger partial charge in [0.2, 0.25) is 0 Å². The number of rotatable bonds is 3. The van der Waals surface area contributed by atoms with Gasteiger partial charge < -0.3 is 15.2 Å². The second kappa shape index (κ2) is 7.32. The summed E-state index contributed by atoms with van der Waals surface area (Å²) in [4.78, 5) is 12.5. The van der Waals surface area contributed by atoms with Crippen LogP contribution < -0.4 is 10.6 Å². The Bertz CT molecular complexity index is 496. The fraction of sp³-hybridized carbons (Fsp3) is 0.688. The van der Waals surface area contributed by atoms with E-state index >= 15 is 0 Å². The minimum absolute atomic E-state index is 0. The van der Waals surface area contributed by atoms with Crippen molar-refractivity contribution in [2.75, 3.05) is 13.1 Å². The normalized spacial score (nSPS) is 22.0. The highest BCUT2D eigenvalue weighted by atomic mass is 35.5. The molecule has 1 aliphatic rings. The molecule has 0 spiro atoms. The molecule has 21 heavy (non-hydrogen) atoms. The Kier molecular flexibility index (Phi) is 6.29. The number of hydrogen-bond donors (Lipinski definition) is 2. The molecule has 1 aliphatic heterocycles. The Hall–Kier alpha value is -1.000. The number of carbonyl (C=O) groups excluding carboxylic acids is 1. The number of hydrogen-bond acceptors (Lipinski definition) is 2. The lowest BCUT2D eigenvalue weighted by Crippen LogP contribution is -2.50. The van der Waals surface area contributed by atoms with E-state index in [-0.39, 0.29) is 24.4 Å². The second-order valence-corrected chi connectivity index (χ2v) is 6.30. The zero-order chi connectivity index (χ0) is 14.9. The molecule has 1 amide bonds. The van der Waals surface area contributed by atoms with Gasteiger partial charge in [-0.15, -0.1) is 12.4 Å². The van der Waals surface area contributed by atoms with Crippen molar-refractivity contribution < 1.29 is 4.79 Å². The van der Waals surface area contributed by atoms with Gasteiger partial charge in [-0.3, -0.25) is 4.79 Å². The maximum atomic E-state index is 12.5. The largest absolute Gasteiger partial charge is 0.348 e. The van der Waals surface area contributed by atoms with Gasteiger partial charge in [0.05, 0.1) is 5.56 Å². The molecule has 0 bridgehead atoms. The van der Waals surface area contributed by atoms with E-state index in [1.807, 2.05) is 13.0 Å². The Morgan fingerprint density at radius 1 is 1.43 bits per heavy atom. The first kappa shape index (κ1) is 18.1. The van der Waals surface area contributed by atoms with Crippen molar-refractivity contribution >= 4 is 18.3 Å². The summed E-state index contributed by atoms with van der Waals surface area (Å²) >= 11 is 0. The third-order valence-electron chi connectivity index (χ3n) is 4.39. The summed E-state index contributed by atoms with van der Waals surface area (Å²) in [5, 5.41) is 6.54. The fourth-order valence-electron chi connectivity index (χ4n) is 3.23. The molecule has 1 fully saturated rings. The number of halogens is 1. The fourth-order valence-corrected chi connectivity index (χ4v) is 3.23. The molecule has 0 radical (unpaired) electrons. The van der Waals surface area contributed by atoms with Crippen molar-refractivity contribution in [2.45, 2.75) is 53.1 Å². The summed E-state index contributed by atoms with van der Waals surface area (Å²) in [6.07, 6.45) is 1.12. The highest BCUT2D eigenvalue weighted by Gasteiger charge is 2.25. The highest BCUT2D eigenvalue weighted by Crippen LogP contribution is 2.21. The quantitative estimate of drug-likeness (QED) is 0.901. The van der Waals surface area contributed by atoms with Crippen LogP contribution in [0.25, 0.3) is 0 Å². The zero-order valence-electron chi connectivity index (χ0n) is 13.7. The van der Waals surface area contributed by atoms with Crippen molar-refractivity contribution in [3.05, 3.63) is 23.0 Å². The van der Waals surface area contributed by atoms with E-state index < -0.39 is 0 Å². The summed E-state index contributed by atoms with van der Waals surface area (Å²) in [7, 11) is 0. The third-order valence-corrected chi connectivity index (χ3v) is 4.39. The van der Waals surface area contributed by atoms with Crippen molar-refractivity contribution in [3.8, 4) is 0 Å². The van der Waals surface area contributed by atoms with Gasteiger partial charge in [-0.1, -0.05) is 6.92 Å². The Balaban J connectivity index is 0.00000220. The molecule has 5 heteroatoms. The SMILES string of the molecule is Cc1cc(C(=O)NC2CNCCC2C)c(C)n1C(C)C.Cl. The minimum Gasteiger partial charge on any atom is -0.348 e. The molecule has 2 rings (SSSR count). The van der Waals surface area contributed by atoms with Crippen LogP contribution in [0.1, 0.15) is 55.0 Å². The van der Waals surface area contributed by atoms with Crippen LogP contribution in [0.4, 0.5) is 0 Å². The molecule has 2 N–H and O–H groups in total. The van der Waals surface area contributed by atoms with Crippen LogP contribution in [-0.4, -0.2) is 29.6 Å². The molecular weight excluding hydrogens is 286 g/mol. The van der Waals surface area contributed by atoms with Crippen molar-refractivity contribution in [1.82, 2.24) is 15.2 Å². The van der Waals surface area contributed by atoms with Gasteiger partial charge in [0.15, 0.2) is 0 Å². The molecule has 1 aromatic rings. The molecule has 2 unspecified atom stereocenters. The van der Waals surface area contributed by atoms with Crippen LogP contribution in [0.15, 0.2) is 6.07 Å². The van der Waals surface area contributed by atoms with E-state index in [0.29, 0.717) is 12.0 Å². The van der Waals surface area contributed by atoms with E-state index in [0.717, 1.165) is 36.5 Å². The van der Waals surface area contributed by atoms with Gasteiger partial charge in [0.1, 0.15) is 0 Å². The number of piperidine rings is 1. The first-order valence-corrected chi connectivity index (χ1v) is 7.61. The molecule has 0 saturated carbocycles. The summed E-state index contributed by atoms with van der Waals surface area (Å²) in [6.45, 7) is 12.5. The van der Waals surface area contributed by atoms with E-state index in [2.05, 4.69) is 42.9 Å². The Morgan fingerprint density at radius 3 is 2.62 bits per heavy atom. The zero-order valence-corrected chi connectivity index (χ0v) is 14.5. The lowest BCUT2D eigenvalue weighted by Gasteiger charge is -2.30. The standard InChI is InChI=1S/C16H27N3O.ClH/c1-10(2)19-12(4)8-14(13(19)5)16(20)18-15-9-17-7-6-11(15)3;/h8,10-11,15,17H,6-7,9H2,1-5H3,(H,18,20);1H. The maximum absolute atomic E-state index is 12.5. The van der Waals surface area contributed by atoms with Gasteiger partial charge in [0, 0.05) is 30.0 Å². The topological polar surface area (TPSA) is 46.1 Å². The molecule has 0 aliphatic carbocycles. The van der Waals surface area contributed by atoms with Gasteiger partial charge in [-0.2, -0.15) is 0 Å². The van der Waals surface area contributed by atoms with Crippen molar-refractivity contribution in [2.24, 2.45) is 5.92 Å². The Morgan fingerprint density at radius 2 is 2.10 bits per heavy atom. The van der Waals surface area contributed by atoms with Gasteiger partial charge in [-0.05, 0) is 52.6 Å². The molecule has 1 aromatic heterocycles. The lowest BCUT2D eigenvalue weighted by atomic mass is 9.94. The van der Waals surface area contributed by atoms with Crippen LogP contribution in [0, 0.1) is 19.8 Å². The Labute approximate surface area is 134 Å². The first-order chi connectivity index (χ1) is 9.41. The van der Waals surface area contributed by atoms with Crippen LogP contribution in [0.2, 0.25) is 0 Å².